The fourth-order valence-electron chi connectivity index (χ4n) is 4.36. The number of benzene rings is 4. The fourth-order valence-corrected chi connectivity index (χ4v) is 5.06. The highest BCUT2D eigenvalue weighted by Crippen LogP contribution is 2.27. The highest BCUT2D eigenvalue weighted by molar-refractivity contribution is 14.1. The van der Waals surface area contributed by atoms with Crippen molar-refractivity contribution < 1.29 is 13.9 Å². The molecule has 0 aliphatic rings. The Bertz CT molecular complexity index is 1980. The molecule has 8 nitrogen and oxygen atoms in total. The summed E-state index contributed by atoms with van der Waals surface area (Å²) in [4.78, 5) is 30.6. The Balaban J connectivity index is 1.26. The summed E-state index contributed by atoms with van der Waals surface area (Å²) in [5.74, 6) is 1.06. The van der Waals surface area contributed by atoms with Crippen molar-refractivity contribution in [3.05, 3.63) is 122 Å². The number of hydrogen-bond acceptors (Lipinski definition) is 6. The Labute approximate surface area is 248 Å². The molecule has 2 heterocycles. The second-order valence-corrected chi connectivity index (χ2v) is 10.5. The third-order valence-corrected chi connectivity index (χ3v) is 7.30. The molecule has 6 rings (SSSR count). The van der Waals surface area contributed by atoms with Crippen LogP contribution in [0, 0.1) is 10.5 Å². The lowest BCUT2D eigenvalue weighted by atomic mass is 10.2. The normalized spacial score (nSPS) is 11.4. The molecule has 4 aromatic carbocycles. The van der Waals surface area contributed by atoms with E-state index >= 15 is 0 Å². The first kappa shape index (κ1) is 26.5. The van der Waals surface area contributed by atoms with E-state index in [4.69, 9.17) is 14.1 Å². The van der Waals surface area contributed by atoms with Crippen molar-refractivity contribution in [2.75, 3.05) is 11.9 Å². The summed E-state index contributed by atoms with van der Waals surface area (Å²) in [5, 5.41) is 8.73. The van der Waals surface area contributed by atoms with Crippen molar-refractivity contribution in [3.63, 3.8) is 0 Å². The first-order valence-corrected chi connectivity index (χ1v) is 13.9. The molecule has 0 atom stereocenters. The lowest BCUT2D eigenvalue weighted by molar-refractivity contribution is -0.118. The van der Waals surface area contributed by atoms with Crippen LogP contribution in [0.15, 0.2) is 111 Å². The van der Waals surface area contributed by atoms with E-state index in [0.717, 1.165) is 25.8 Å². The number of aryl methyl sites for hydroxylation is 1. The summed E-state index contributed by atoms with van der Waals surface area (Å²) >= 11 is 2.14. The van der Waals surface area contributed by atoms with Gasteiger partial charge >= 0.3 is 0 Å². The predicted octanol–water partition coefficient (Wildman–Crippen LogP) is 6.62. The number of para-hydroxylation sites is 3. The third kappa shape index (κ3) is 5.62. The number of aromatic nitrogens is 2. The van der Waals surface area contributed by atoms with Crippen molar-refractivity contribution in [3.8, 4) is 17.3 Å². The number of anilines is 1. The van der Waals surface area contributed by atoms with Crippen LogP contribution in [0.25, 0.3) is 33.5 Å². The average Bonchev–Trinajstić information content (AvgIpc) is 3.42. The highest BCUT2D eigenvalue weighted by atomic mass is 127. The molecule has 202 valence electrons. The molecule has 1 amide bonds. The maximum Gasteiger partial charge on any atom is 0.282 e. The van der Waals surface area contributed by atoms with E-state index in [2.05, 4.69) is 33.0 Å². The van der Waals surface area contributed by atoms with Crippen LogP contribution in [-0.2, 0) is 4.79 Å². The first-order valence-electron chi connectivity index (χ1n) is 12.8. The Morgan fingerprint density at radius 3 is 2.63 bits per heavy atom. The molecule has 0 unspecified atom stereocenters. The topological polar surface area (TPSA) is 98.7 Å². The lowest BCUT2D eigenvalue weighted by Crippen LogP contribution is -2.21. The Hall–Kier alpha value is -4.77. The van der Waals surface area contributed by atoms with E-state index in [-0.39, 0.29) is 18.1 Å². The van der Waals surface area contributed by atoms with E-state index in [1.54, 1.807) is 36.5 Å². The van der Waals surface area contributed by atoms with Gasteiger partial charge in [-0.1, -0.05) is 48.5 Å². The highest BCUT2D eigenvalue weighted by Gasteiger charge is 2.16. The van der Waals surface area contributed by atoms with E-state index in [9.17, 15) is 9.59 Å². The third-order valence-electron chi connectivity index (χ3n) is 6.46. The second-order valence-electron chi connectivity index (χ2n) is 9.30. The summed E-state index contributed by atoms with van der Waals surface area (Å²) < 4.78 is 13.8. The van der Waals surface area contributed by atoms with Crippen LogP contribution in [0.4, 0.5) is 5.69 Å². The van der Waals surface area contributed by atoms with Gasteiger partial charge in [-0.15, -0.1) is 0 Å². The van der Waals surface area contributed by atoms with E-state index in [1.165, 1.54) is 4.68 Å². The van der Waals surface area contributed by atoms with Crippen LogP contribution in [0.3, 0.4) is 0 Å². The smallest absolute Gasteiger partial charge is 0.282 e. The zero-order valence-electron chi connectivity index (χ0n) is 21.9. The van der Waals surface area contributed by atoms with Gasteiger partial charge in [0.05, 0.1) is 20.7 Å². The van der Waals surface area contributed by atoms with Gasteiger partial charge in [-0.2, -0.15) is 9.78 Å². The summed E-state index contributed by atoms with van der Waals surface area (Å²) in [6, 6.07) is 29.6. The van der Waals surface area contributed by atoms with Crippen LogP contribution in [-0.4, -0.2) is 28.4 Å². The number of ether oxygens (including phenoxy) is 1. The maximum atomic E-state index is 13.5. The van der Waals surface area contributed by atoms with Gasteiger partial charge in [0.2, 0.25) is 5.82 Å². The minimum Gasteiger partial charge on any atom is -0.483 e. The molecule has 9 heteroatoms. The Morgan fingerprint density at radius 2 is 1.80 bits per heavy atom. The molecule has 41 heavy (non-hydrogen) atoms. The molecule has 0 bridgehead atoms. The van der Waals surface area contributed by atoms with Gasteiger partial charge < -0.3 is 14.5 Å². The van der Waals surface area contributed by atoms with Crippen LogP contribution in [0.2, 0.25) is 0 Å². The van der Waals surface area contributed by atoms with Crippen LogP contribution < -0.4 is 15.6 Å². The molecule has 0 fully saturated rings. The summed E-state index contributed by atoms with van der Waals surface area (Å²) in [6.45, 7) is 1.80. The van der Waals surface area contributed by atoms with E-state index in [0.29, 0.717) is 33.8 Å². The average molecular weight is 654 g/mol. The number of fused-ring (bicyclic) bond motifs is 2. The first-order chi connectivity index (χ1) is 20.0. The molecule has 2 aromatic heterocycles. The molecule has 0 radical (unpaired) electrons. The van der Waals surface area contributed by atoms with Gasteiger partial charge in [0.1, 0.15) is 11.3 Å². The Kier molecular flexibility index (Phi) is 7.34. The van der Waals surface area contributed by atoms with Crippen molar-refractivity contribution in [1.29, 1.82) is 0 Å². The molecule has 6 aromatic rings. The molecule has 0 saturated heterocycles. The minimum absolute atomic E-state index is 0.128. The fraction of sp³-hybridized carbons (Fsp3) is 0.0625. The van der Waals surface area contributed by atoms with Crippen LogP contribution in [0.5, 0.6) is 5.75 Å². The zero-order chi connectivity index (χ0) is 28.3. The Morgan fingerprint density at radius 1 is 1.02 bits per heavy atom. The number of amides is 1. The molecule has 0 saturated carbocycles. The van der Waals surface area contributed by atoms with Gasteiger partial charge in [-0.25, -0.2) is 4.98 Å². The van der Waals surface area contributed by atoms with Crippen molar-refractivity contribution in [2.24, 2.45) is 5.10 Å². The number of carbonyl (C=O) groups is 1. The monoisotopic (exact) mass is 654 g/mol. The number of rotatable bonds is 7. The summed E-state index contributed by atoms with van der Waals surface area (Å²) in [6.07, 6.45) is 1.58. The number of furan rings is 1. The lowest BCUT2D eigenvalue weighted by Gasteiger charge is -2.11. The van der Waals surface area contributed by atoms with Gasteiger partial charge in [-0.3, -0.25) is 9.59 Å². The number of carbonyl (C=O) groups excluding carboxylic acids is 1. The summed E-state index contributed by atoms with van der Waals surface area (Å²) in [5.41, 5.74) is 3.41. The number of halogens is 1. The quantitative estimate of drug-likeness (QED) is 0.154. The molecular formula is C32H23IN4O4. The number of hydrogen-bond donors (Lipinski definition) is 1. The standard InChI is InChI=1S/C32H23IN4O4/c1-20-8-2-5-11-25(20)35-30(38)19-40-28-15-14-21(16-24(28)33)18-34-37-31(29-17-22-9-3-7-13-27(22)41-29)36-26-12-6-4-10-23(26)32(37)39/h2-18H,19H2,1H3,(H,35,38). The van der Waals surface area contributed by atoms with E-state index in [1.807, 2.05) is 73.7 Å². The molecule has 0 aliphatic heterocycles. The molecular weight excluding hydrogens is 631 g/mol. The van der Waals surface area contributed by atoms with Crippen LogP contribution >= 0.6 is 22.6 Å². The molecule has 1 N–H and O–H groups in total. The van der Waals surface area contributed by atoms with Crippen LogP contribution in [0.1, 0.15) is 11.1 Å². The largest absolute Gasteiger partial charge is 0.483 e. The van der Waals surface area contributed by atoms with Crippen molar-refractivity contribution in [1.82, 2.24) is 9.66 Å². The van der Waals surface area contributed by atoms with Gasteiger partial charge in [0, 0.05) is 11.1 Å². The summed E-state index contributed by atoms with van der Waals surface area (Å²) in [7, 11) is 0. The van der Waals surface area contributed by atoms with Gasteiger partial charge in [0.25, 0.3) is 11.5 Å². The van der Waals surface area contributed by atoms with Crippen molar-refractivity contribution >= 4 is 62.3 Å². The van der Waals surface area contributed by atoms with Gasteiger partial charge in [0.15, 0.2) is 12.4 Å². The number of nitrogens with zero attached hydrogens (tertiary/aromatic N) is 3. The van der Waals surface area contributed by atoms with Crippen molar-refractivity contribution in [2.45, 2.75) is 6.92 Å². The minimum atomic E-state index is -0.309. The molecule has 0 spiro atoms. The molecule has 0 aliphatic carbocycles. The van der Waals surface area contributed by atoms with E-state index < -0.39 is 0 Å². The SMILES string of the molecule is Cc1ccccc1NC(=O)COc1ccc(C=Nn2c(-c3cc4ccccc4o3)nc3ccccc3c2=O)cc1I. The van der Waals surface area contributed by atoms with Gasteiger partial charge in [-0.05, 0) is 89.2 Å². The maximum absolute atomic E-state index is 13.5. The second kappa shape index (κ2) is 11.4. The predicted molar refractivity (Wildman–Crippen MR) is 169 cm³/mol. The zero-order valence-corrected chi connectivity index (χ0v) is 24.0. The number of nitrogens with one attached hydrogen (secondary N) is 1.